The van der Waals surface area contributed by atoms with Gasteiger partial charge in [-0.25, -0.2) is 8.42 Å². The fourth-order valence-corrected chi connectivity index (χ4v) is 1.88. The van der Waals surface area contributed by atoms with Crippen molar-refractivity contribution < 1.29 is 96.9 Å². The maximum absolute atomic E-state index is 10.6. The first kappa shape index (κ1) is 21.3. The molecule has 1 aromatic carbocycles. The quantitative estimate of drug-likeness (QED) is 0.139. The van der Waals surface area contributed by atoms with Gasteiger partial charge in [-0.1, -0.05) is 0 Å². The maximum atomic E-state index is 10.6. The number of phenols is 2. The Hall–Kier alpha value is 0.960. The molecule has 8 nitrogen and oxygen atoms in total. The molecule has 0 aliphatic heterocycles. The normalized spacial score (nSPS) is 10.3. The van der Waals surface area contributed by atoms with Crippen molar-refractivity contribution >= 4 is 22.2 Å². The molecule has 0 unspecified atom stereocenters. The summed E-state index contributed by atoms with van der Waals surface area (Å²) in [7, 11) is -4.80. The molecule has 0 saturated heterocycles. The van der Waals surface area contributed by atoms with Crippen LogP contribution in [0.5, 0.6) is 11.5 Å². The first-order valence-electron chi connectivity index (χ1n) is 3.51. The molecule has 0 spiro atoms. The summed E-state index contributed by atoms with van der Waals surface area (Å²) in [5, 5.41) is 30.8. The largest absolute Gasteiger partial charge is 1.00 e. The first-order valence-corrected chi connectivity index (χ1v) is 5.66. The van der Waals surface area contributed by atoms with E-state index in [0.717, 1.165) is 6.07 Å². The topological polar surface area (TPSA) is 139 Å². The average Bonchev–Trinajstić information content (AvgIpc) is 2.18. The number of hydrogen-bond acceptors (Lipinski definition) is 9. The second-order valence-corrected chi connectivity index (χ2v) is 4.58. The van der Waals surface area contributed by atoms with E-state index in [1.807, 2.05) is 0 Å². The molecule has 0 aliphatic rings. The van der Waals surface area contributed by atoms with Gasteiger partial charge < -0.3 is 20.0 Å². The van der Waals surface area contributed by atoms with Crippen molar-refractivity contribution in [3.63, 3.8) is 0 Å². The molecule has 0 bridgehead atoms. The van der Waals surface area contributed by atoms with Crippen LogP contribution in [-0.2, 0) is 19.5 Å². The minimum atomic E-state index is -4.80. The monoisotopic (exact) mass is 314 g/mol. The van der Waals surface area contributed by atoms with Crippen molar-refractivity contribution in [1.29, 1.82) is 0 Å². The van der Waals surface area contributed by atoms with E-state index in [2.05, 4.69) is 9.37 Å². The summed E-state index contributed by atoms with van der Waals surface area (Å²) in [6.07, 6.45) is 0. The molecule has 0 aliphatic carbocycles. The third kappa shape index (κ3) is 5.94. The fourth-order valence-electron chi connectivity index (χ4n) is 0.827. The molecule has 90 valence electrons. The van der Waals surface area contributed by atoms with Crippen LogP contribution in [0.3, 0.4) is 0 Å². The van der Waals surface area contributed by atoms with E-state index in [9.17, 15) is 23.3 Å². The molecular formula is C6H4Na2O8S2. The van der Waals surface area contributed by atoms with Crippen molar-refractivity contribution in [1.82, 2.24) is 0 Å². The van der Waals surface area contributed by atoms with Crippen molar-refractivity contribution in [2.24, 2.45) is 0 Å². The van der Waals surface area contributed by atoms with Gasteiger partial charge in [-0.2, -0.15) is 4.33 Å². The van der Waals surface area contributed by atoms with Crippen LogP contribution < -0.4 is 64.4 Å². The standard InChI is InChI=1S/C6H6O8S2.2Na/c7-4-1-3(16(10,11)12)2-5(6(4)8)15-14-13-9;;/h1-2,7-9H,(H,10,11,12);;/q;2*+1/p-2. The van der Waals surface area contributed by atoms with Crippen LogP contribution >= 0.6 is 12.0 Å². The number of benzene rings is 1. The summed E-state index contributed by atoms with van der Waals surface area (Å²) >= 11 is 0.143. The Morgan fingerprint density at radius 2 is 1.78 bits per heavy atom. The fraction of sp³-hybridized carbons (Fsp3) is 0. The van der Waals surface area contributed by atoms with Crippen LogP contribution in [0.25, 0.3) is 0 Å². The van der Waals surface area contributed by atoms with E-state index in [0.29, 0.717) is 6.07 Å². The molecule has 12 heteroatoms. The Balaban J connectivity index is 0. The molecule has 0 saturated carbocycles. The van der Waals surface area contributed by atoms with Crippen molar-refractivity contribution in [2.75, 3.05) is 0 Å². The molecule has 1 aromatic rings. The van der Waals surface area contributed by atoms with Crippen molar-refractivity contribution in [3.05, 3.63) is 12.1 Å². The summed E-state index contributed by atoms with van der Waals surface area (Å²) in [6.45, 7) is 0. The third-order valence-corrected chi connectivity index (χ3v) is 2.90. The molecule has 1 rings (SSSR count). The number of phenolic OH excluding ortho intramolecular Hbond substituents is 2. The Morgan fingerprint density at radius 3 is 2.22 bits per heavy atom. The SMILES string of the molecule is O=S(=O)([O-])c1cc(O)c(O)c(SOO[O-])c1.[Na+].[Na+]. The van der Waals surface area contributed by atoms with E-state index >= 15 is 0 Å². The maximum Gasteiger partial charge on any atom is 1.00 e. The van der Waals surface area contributed by atoms with Crippen LogP contribution in [-0.4, -0.2) is 23.2 Å². The average molecular weight is 314 g/mol. The number of rotatable bonds is 4. The molecule has 0 radical (unpaired) electrons. The molecule has 0 atom stereocenters. The van der Waals surface area contributed by atoms with Gasteiger partial charge in [-0.05, 0) is 6.07 Å². The zero-order valence-electron chi connectivity index (χ0n) is 9.32. The van der Waals surface area contributed by atoms with Gasteiger partial charge in [0.25, 0.3) is 0 Å². The van der Waals surface area contributed by atoms with Crippen LogP contribution in [0.15, 0.2) is 21.9 Å². The summed E-state index contributed by atoms with van der Waals surface area (Å²) in [6, 6.07) is 1.29. The van der Waals surface area contributed by atoms with Crippen LogP contribution in [0, 0.1) is 0 Å². The minimum Gasteiger partial charge on any atom is -0.744 e. The minimum absolute atomic E-state index is 0. The van der Waals surface area contributed by atoms with E-state index in [1.165, 1.54) is 0 Å². The van der Waals surface area contributed by atoms with Gasteiger partial charge in [0.15, 0.2) is 11.5 Å². The van der Waals surface area contributed by atoms with Gasteiger partial charge in [0.1, 0.15) is 10.1 Å². The molecule has 0 aromatic heterocycles. The summed E-state index contributed by atoms with van der Waals surface area (Å²) in [4.78, 5) is -1.13. The Labute approximate surface area is 151 Å². The molecular weight excluding hydrogens is 310 g/mol. The van der Waals surface area contributed by atoms with Gasteiger partial charge >= 0.3 is 59.1 Å². The zero-order valence-corrected chi connectivity index (χ0v) is 14.9. The molecule has 0 heterocycles. The van der Waals surface area contributed by atoms with Crippen molar-refractivity contribution in [3.8, 4) is 11.5 Å². The predicted octanol–water partition coefficient (Wildman–Crippen LogP) is -6.76. The Morgan fingerprint density at radius 1 is 1.22 bits per heavy atom. The van der Waals surface area contributed by atoms with Crippen LogP contribution in [0.4, 0.5) is 0 Å². The second-order valence-electron chi connectivity index (χ2n) is 2.46. The van der Waals surface area contributed by atoms with Gasteiger partial charge in [-0.15, -0.1) is 0 Å². The number of aromatic hydroxyl groups is 2. The molecule has 2 N–H and O–H groups in total. The van der Waals surface area contributed by atoms with E-state index in [1.54, 1.807) is 0 Å². The third-order valence-electron chi connectivity index (χ3n) is 1.47. The van der Waals surface area contributed by atoms with E-state index in [4.69, 9.17) is 5.11 Å². The summed E-state index contributed by atoms with van der Waals surface area (Å²) < 4.78 is 35.7. The Bertz CT molecular complexity index is 491. The Kier molecular flexibility index (Phi) is 10.6. The van der Waals surface area contributed by atoms with Crippen molar-refractivity contribution in [2.45, 2.75) is 9.79 Å². The zero-order chi connectivity index (χ0) is 12.3. The number of hydrogen-bond donors (Lipinski definition) is 2. The van der Waals surface area contributed by atoms with Crippen LogP contribution in [0.2, 0.25) is 0 Å². The predicted molar refractivity (Wildman–Crippen MR) is 45.8 cm³/mol. The first-order chi connectivity index (χ1) is 7.36. The van der Waals surface area contributed by atoms with E-state index < -0.39 is 26.5 Å². The molecule has 0 fully saturated rings. The van der Waals surface area contributed by atoms with Crippen LogP contribution in [0.1, 0.15) is 0 Å². The van der Waals surface area contributed by atoms with Gasteiger partial charge in [0.2, 0.25) is 0 Å². The van der Waals surface area contributed by atoms with E-state index in [-0.39, 0.29) is 76.1 Å². The summed E-state index contributed by atoms with van der Waals surface area (Å²) in [5.74, 6) is -1.58. The van der Waals surface area contributed by atoms with Gasteiger partial charge in [0, 0.05) is 6.07 Å². The van der Waals surface area contributed by atoms with Gasteiger partial charge in [-0.3, -0.25) is 5.04 Å². The molecule has 0 amide bonds. The van der Waals surface area contributed by atoms with Gasteiger partial charge in [0.05, 0.1) is 21.8 Å². The summed E-state index contributed by atoms with van der Waals surface area (Å²) in [5.41, 5.74) is 0. The smallest absolute Gasteiger partial charge is 0.744 e. The second kappa shape index (κ2) is 9.00. The molecule has 18 heavy (non-hydrogen) atoms.